The van der Waals surface area contributed by atoms with Crippen LogP contribution in [0.2, 0.25) is 0 Å². The predicted octanol–water partition coefficient (Wildman–Crippen LogP) is 0.679. The average molecular weight is 163 g/mol. The van der Waals surface area contributed by atoms with Gasteiger partial charge in [-0.15, -0.1) is 0 Å². The number of carbonyl (C=O) groups excluding carboxylic acids is 1. The molecule has 0 aliphatic carbocycles. The Morgan fingerprint density at radius 1 is 1.36 bits per heavy atom. The molecule has 0 unspecified atom stereocenters. The number of hydrogen-bond donors (Lipinski definition) is 0. The Hall–Kier alpha value is -0.610. The molecule has 0 N–H and O–H groups in total. The number of carbonyl (C=O) groups is 1. The number of methoxy groups -OCH3 is 1. The van der Waals surface area contributed by atoms with Gasteiger partial charge in [-0.3, -0.25) is 9.63 Å². The normalized spacial score (nSPS) is 8.09. The minimum Gasteiger partial charge on any atom is -0.375 e. The summed E-state index contributed by atoms with van der Waals surface area (Å²) in [5.74, 6) is -0.194. The van der Waals surface area contributed by atoms with Crippen molar-refractivity contribution in [2.24, 2.45) is 0 Å². The van der Waals surface area contributed by atoms with Crippen LogP contribution in [-0.4, -0.2) is 38.8 Å². The molecule has 0 aromatic heterocycles. The van der Waals surface area contributed by atoms with Crippen molar-refractivity contribution in [1.82, 2.24) is 5.06 Å². The summed E-state index contributed by atoms with van der Waals surface area (Å²) in [6, 6.07) is 0. The molecule has 11 heavy (non-hydrogen) atoms. The quantitative estimate of drug-likeness (QED) is 0.574. The molecule has 0 radical (unpaired) electrons. The fourth-order valence-electron chi connectivity index (χ4n) is 0.316. The Kier molecular flexibility index (Phi) is 11.1. The summed E-state index contributed by atoms with van der Waals surface area (Å²) in [6.45, 7) is 4.06. The Labute approximate surface area is 68.0 Å². The molecule has 0 aliphatic rings. The van der Waals surface area contributed by atoms with E-state index in [9.17, 15) is 4.79 Å². The maximum Gasteiger partial charge on any atom is 0.271 e. The SMILES string of the molecule is CC.COCC(=O)N(C)OC. The molecule has 68 valence electrons. The van der Waals surface area contributed by atoms with Gasteiger partial charge in [0.25, 0.3) is 5.91 Å². The number of hydroxylamine groups is 2. The zero-order valence-corrected chi connectivity index (χ0v) is 7.88. The molecule has 4 heteroatoms. The molecule has 0 saturated heterocycles. The van der Waals surface area contributed by atoms with Gasteiger partial charge in [0.05, 0.1) is 7.11 Å². The molecular weight excluding hydrogens is 146 g/mol. The molecule has 0 fully saturated rings. The molecule has 0 bridgehead atoms. The minimum absolute atomic E-state index is 0.0599. The van der Waals surface area contributed by atoms with Gasteiger partial charge in [-0.1, -0.05) is 13.8 Å². The van der Waals surface area contributed by atoms with Crippen LogP contribution in [0.4, 0.5) is 0 Å². The van der Waals surface area contributed by atoms with E-state index in [-0.39, 0.29) is 12.5 Å². The Morgan fingerprint density at radius 2 is 1.82 bits per heavy atom. The first-order valence-electron chi connectivity index (χ1n) is 3.52. The number of ether oxygens (including phenoxy) is 1. The molecule has 4 nitrogen and oxygen atoms in total. The first-order chi connectivity index (χ1) is 5.22. The van der Waals surface area contributed by atoms with Crippen molar-refractivity contribution in [3.8, 4) is 0 Å². The second-order valence-electron chi connectivity index (χ2n) is 1.51. The van der Waals surface area contributed by atoms with E-state index in [2.05, 4.69) is 9.57 Å². The first kappa shape index (κ1) is 13.0. The van der Waals surface area contributed by atoms with Crippen LogP contribution < -0.4 is 0 Å². The van der Waals surface area contributed by atoms with Gasteiger partial charge in [0, 0.05) is 14.2 Å². The van der Waals surface area contributed by atoms with Gasteiger partial charge in [0.1, 0.15) is 6.61 Å². The van der Waals surface area contributed by atoms with Crippen molar-refractivity contribution in [3.05, 3.63) is 0 Å². The fourth-order valence-corrected chi connectivity index (χ4v) is 0.316. The van der Waals surface area contributed by atoms with Crippen LogP contribution in [0.15, 0.2) is 0 Å². The molecule has 0 atom stereocenters. The van der Waals surface area contributed by atoms with Crippen molar-refractivity contribution in [3.63, 3.8) is 0 Å². The lowest BCUT2D eigenvalue weighted by molar-refractivity contribution is -0.172. The number of likely N-dealkylation sites (N-methyl/N-ethyl adjacent to an activating group) is 1. The summed E-state index contributed by atoms with van der Waals surface area (Å²) in [4.78, 5) is 15.2. The van der Waals surface area contributed by atoms with Crippen molar-refractivity contribution in [2.75, 3.05) is 27.9 Å². The first-order valence-corrected chi connectivity index (χ1v) is 3.52. The second-order valence-corrected chi connectivity index (χ2v) is 1.51. The number of hydrogen-bond acceptors (Lipinski definition) is 3. The fraction of sp³-hybridized carbons (Fsp3) is 0.857. The van der Waals surface area contributed by atoms with E-state index in [0.717, 1.165) is 5.06 Å². The van der Waals surface area contributed by atoms with Crippen molar-refractivity contribution in [1.29, 1.82) is 0 Å². The molecule has 0 saturated carbocycles. The molecule has 0 spiro atoms. The molecular formula is C7H17NO3. The van der Waals surface area contributed by atoms with Crippen molar-refractivity contribution < 1.29 is 14.4 Å². The van der Waals surface area contributed by atoms with Gasteiger partial charge in [0.2, 0.25) is 0 Å². The topological polar surface area (TPSA) is 38.8 Å². The van der Waals surface area contributed by atoms with E-state index in [1.807, 2.05) is 13.8 Å². The maximum atomic E-state index is 10.6. The molecule has 1 amide bonds. The largest absolute Gasteiger partial charge is 0.375 e. The third-order valence-electron chi connectivity index (χ3n) is 0.893. The standard InChI is InChI=1S/C5H11NO3.C2H6/c1-6(9-3)5(7)4-8-2;1-2/h4H2,1-3H3;1-2H3. The van der Waals surface area contributed by atoms with E-state index in [0.29, 0.717) is 0 Å². The van der Waals surface area contributed by atoms with Crippen LogP contribution in [0.25, 0.3) is 0 Å². The van der Waals surface area contributed by atoms with Gasteiger partial charge in [-0.05, 0) is 0 Å². The lowest BCUT2D eigenvalue weighted by Gasteiger charge is -2.11. The minimum atomic E-state index is -0.194. The third kappa shape index (κ3) is 7.29. The zero-order chi connectivity index (χ0) is 9.28. The average Bonchev–Trinajstić information content (AvgIpc) is 2.07. The summed E-state index contributed by atoms with van der Waals surface area (Å²) in [7, 11) is 4.41. The molecule has 0 heterocycles. The Balaban J connectivity index is 0. The second kappa shape index (κ2) is 9.39. The zero-order valence-electron chi connectivity index (χ0n) is 7.88. The highest BCUT2D eigenvalue weighted by Gasteiger charge is 2.04. The highest BCUT2D eigenvalue weighted by Crippen LogP contribution is 1.82. The number of nitrogens with zero attached hydrogens (tertiary/aromatic N) is 1. The highest BCUT2D eigenvalue weighted by molar-refractivity contribution is 5.75. The van der Waals surface area contributed by atoms with Crippen LogP contribution in [0.5, 0.6) is 0 Å². The lowest BCUT2D eigenvalue weighted by Crippen LogP contribution is -2.28. The van der Waals surface area contributed by atoms with Gasteiger partial charge < -0.3 is 4.74 Å². The van der Waals surface area contributed by atoms with Gasteiger partial charge >= 0.3 is 0 Å². The molecule has 0 rings (SSSR count). The van der Waals surface area contributed by atoms with E-state index in [1.165, 1.54) is 21.3 Å². The van der Waals surface area contributed by atoms with Crippen LogP contribution >= 0.6 is 0 Å². The Morgan fingerprint density at radius 3 is 2.09 bits per heavy atom. The van der Waals surface area contributed by atoms with Crippen LogP contribution in [0.3, 0.4) is 0 Å². The van der Waals surface area contributed by atoms with Crippen LogP contribution in [0, 0.1) is 0 Å². The summed E-state index contributed by atoms with van der Waals surface area (Å²) < 4.78 is 4.56. The summed E-state index contributed by atoms with van der Waals surface area (Å²) in [6.07, 6.45) is 0. The van der Waals surface area contributed by atoms with Gasteiger partial charge in [-0.25, -0.2) is 5.06 Å². The number of rotatable bonds is 3. The van der Waals surface area contributed by atoms with Crippen molar-refractivity contribution in [2.45, 2.75) is 13.8 Å². The Bertz CT molecular complexity index is 95.7. The monoisotopic (exact) mass is 163 g/mol. The maximum absolute atomic E-state index is 10.6. The van der Waals surface area contributed by atoms with Gasteiger partial charge in [0.15, 0.2) is 0 Å². The van der Waals surface area contributed by atoms with E-state index < -0.39 is 0 Å². The van der Waals surface area contributed by atoms with Crippen LogP contribution in [-0.2, 0) is 14.4 Å². The number of amides is 1. The smallest absolute Gasteiger partial charge is 0.271 e. The highest BCUT2D eigenvalue weighted by atomic mass is 16.7. The summed E-state index contributed by atoms with van der Waals surface area (Å²) in [5.41, 5.74) is 0. The summed E-state index contributed by atoms with van der Waals surface area (Å²) in [5, 5.41) is 1.11. The van der Waals surface area contributed by atoms with Crippen LogP contribution in [0.1, 0.15) is 13.8 Å². The van der Waals surface area contributed by atoms with E-state index in [1.54, 1.807) is 0 Å². The van der Waals surface area contributed by atoms with E-state index in [4.69, 9.17) is 0 Å². The van der Waals surface area contributed by atoms with Gasteiger partial charge in [-0.2, -0.15) is 0 Å². The lowest BCUT2D eigenvalue weighted by atomic mass is 10.6. The van der Waals surface area contributed by atoms with E-state index >= 15 is 0 Å². The molecule has 0 aromatic carbocycles. The predicted molar refractivity (Wildman–Crippen MR) is 43.0 cm³/mol. The molecule has 0 aliphatic heterocycles. The molecule has 0 aromatic rings. The van der Waals surface area contributed by atoms with Crippen molar-refractivity contribution >= 4 is 5.91 Å². The third-order valence-corrected chi connectivity index (χ3v) is 0.893. The summed E-state index contributed by atoms with van der Waals surface area (Å²) >= 11 is 0.